The highest BCUT2D eigenvalue weighted by atomic mass is 32.1. The first-order chi connectivity index (χ1) is 13.5. The number of hydrogen-bond acceptors (Lipinski definition) is 5. The van der Waals surface area contributed by atoms with E-state index in [2.05, 4.69) is 10.6 Å². The molecule has 1 heterocycles. The molecular weight excluding hydrogens is 376 g/mol. The summed E-state index contributed by atoms with van der Waals surface area (Å²) in [6.07, 6.45) is 0. The van der Waals surface area contributed by atoms with Crippen LogP contribution in [-0.2, 0) is 16.1 Å². The van der Waals surface area contributed by atoms with E-state index in [-0.39, 0.29) is 0 Å². The van der Waals surface area contributed by atoms with Gasteiger partial charge < -0.3 is 20.1 Å². The molecule has 144 valence electrons. The molecule has 6 nitrogen and oxygen atoms in total. The SMILES string of the molecule is COc1ccccc1Oc1ccc(NC(=O)C(=O)NCc2ccc(C)s2)cc1. The molecule has 0 aliphatic heterocycles. The molecule has 0 saturated heterocycles. The van der Waals surface area contributed by atoms with Crippen LogP contribution >= 0.6 is 11.3 Å². The van der Waals surface area contributed by atoms with Gasteiger partial charge in [-0.25, -0.2) is 0 Å². The van der Waals surface area contributed by atoms with Crippen LogP contribution in [0.1, 0.15) is 9.75 Å². The fourth-order valence-corrected chi connectivity index (χ4v) is 3.28. The molecule has 28 heavy (non-hydrogen) atoms. The number of carbonyl (C=O) groups excluding carboxylic acids is 2. The molecule has 0 radical (unpaired) electrons. The average Bonchev–Trinajstić information content (AvgIpc) is 3.13. The number of methoxy groups -OCH3 is 1. The van der Waals surface area contributed by atoms with E-state index in [1.54, 1.807) is 54.8 Å². The Morgan fingerprint density at radius 3 is 2.29 bits per heavy atom. The molecule has 0 fully saturated rings. The number of rotatable bonds is 6. The summed E-state index contributed by atoms with van der Waals surface area (Å²) in [6, 6.07) is 17.9. The van der Waals surface area contributed by atoms with Crippen molar-refractivity contribution in [3.63, 3.8) is 0 Å². The maximum Gasteiger partial charge on any atom is 0.313 e. The molecule has 2 amide bonds. The van der Waals surface area contributed by atoms with Crippen LogP contribution in [0.5, 0.6) is 17.2 Å². The Balaban J connectivity index is 1.54. The average molecular weight is 396 g/mol. The van der Waals surface area contributed by atoms with Gasteiger partial charge in [-0.2, -0.15) is 0 Å². The summed E-state index contributed by atoms with van der Waals surface area (Å²) in [4.78, 5) is 26.1. The Morgan fingerprint density at radius 1 is 0.929 bits per heavy atom. The van der Waals surface area contributed by atoms with Crippen LogP contribution in [-0.4, -0.2) is 18.9 Å². The van der Waals surface area contributed by atoms with E-state index in [0.717, 1.165) is 9.75 Å². The van der Waals surface area contributed by atoms with E-state index in [4.69, 9.17) is 9.47 Å². The van der Waals surface area contributed by atoms with Crippen molar-refractivity contribution in [2.75, 3.05) is 12.4 Å². The molecule has 0 spiro atoms. The smallest absolute Gasteiger partial charge is 0.313 e. The second kappa shape index (κ2) is 9.05. The molecule has 2 aromatic carbocycles. The van der Waals surface area contributed by atoms with E-state index in [1.807, 2.05) is 31.2 Å². The summed E-state index contributed by atoms with van der Waals surface area (Å²) in [6.45, 7) is 2.32. The van der Waals surface area contributed by atoms with Crippen LogP contribution in [0, 0.1) is 6.92 Å². The number of benzene rings is 2. The van der Waals surface area contributed by atoms with Crippen LogP contribution in [0.2, 0.25) is 0 Å². The van der Waals surface area contributed by atoms with E-state index in [9.17, 15) is 9.59 Å². The summed E-state index contributed by atoms with van der Waals surface area (Å²) in [5, 5.41) is 5.18. The van der Waals surface area contributed by atoms with Gasteiger partial charge in [0, 0.05) is 15.4 Å². The van der Waals surface area contributed by atoms with Crippen molar-refractivity contribution < 1.29 is 19.1 Å². The number of para-hydroxylation sites is 2. The Hall–Kier alpha value is -3.32. The van der Waals surface area contributed by atoms with Gasteiger partial charge in [-0.15, -0.1) is 11.3 Å². The number of anilines is 1. The van der Waals surface area contributed by atoms with Crippen molar-refractivity contribution in [3.8, 4) is 17.2 Å². The third-order valence-electron chi connectivity index (χ3n) is 3.83. The van der Waals surface area contributed by atoms with Gasteiger partial charge in [-0.05, 0) is 55.5 Å². The molecule has 7 heteroatoms. The summed E-state index contributed by atoms with van der Waals surface area (Å²) in [7, 11) is 1.57. The predicted octanol–water partition coefficient (Wildman–Crippen LogP) is 4.11. The van der Waals surface area contributed by atoms with Crippen molar-refractivity contribution in [1.29, 1.82) is 0 Å². The van der Waals surface area contributed by atoms with Gasteiger partial charge in [0.05, 0.1) is 13.7 Å². The highest BCUT2D eigenvalue weighted by Gasteiger charge is 2.14. The predicted molar refractivity (Wildman–Crippen MR) is 109 cm³/mol. The zero-order chi connectivity index (χ0) is 19.9. The summed E-state index contributed by atoms with van der Waals surface area (Å²) in [5.41, 5.74) is 0.500. The van der Waals surface area contributed by atoms with E-state index in [1.165, 1.54) is 0 Å². The van der Waals surface area contributed by atoms with Crippen molar-refractivity contribution in [2.45, 2.75) is 13.5 Å². The van der Waals surface area contributed by atoms with Crippen molar-refractivity contribution in [3.05, 3.63) is 70.4 Å². The van der Waals surface area contributed by atoms with Crippen LogP contribution in [0.25, 0.3) is 0 Å². The molecule has 0 bridgehead atoms. The Kier molecular flexibility index (Phi) is 6.29. The molecule has 0 aliphatic rings. The van der Waals surface area contributed by atoms with Crippen LogP contribution < -0.4 is 20.1 Å². The summed E-state index contributed by atoms with van der Waals surface area (Å²) in [5.74, 6) is 0.398. The number of carbonyl (C=O) groups is 2. The fraction of sp³-hybridized carbons (Fsp3) is 0.143. The minimum absolute atomic E-state index is 0.330. The zero-order valence-corrected chi connectivity index (χ0v) is 16.3. The maximum atomic E-state index is 12.0. The summed E-state index contributed by atoms with van der Waals surface area (Å²) < 4.78 is 11.0. The van der Waals surface area contributed by atoms with Gasteiger partial charge in [-0.3, -0.25) is 9.59 Å². The quantitative estimate of drug-likeness (QED) is 0.615. The molecule has 0 aliphatic carbocycles. The lowest BCUT2D eigenvalue weighted by Crippen LogP contribution is -2.34. The molecule has 3 rings (SSSR count). The monoisotopic (exact) mass is 396 g/mol. The number of aryl methyl sites for hydroxylation is 1. The lowest BCUT2D eigenvalue weighted by Gasteiger charge is -2.10. The van der Waals surface area contributed by atoms with E-state index >= 15 is 0 Å². The number of hydrogen-bond donors (Lipinski definition) is 2. The van der Waals surface area contributed by atoms with Crippen molar-refractivity contribution in [1.82, 2.24) is 5.32 Å². The third kappa shape index (κ3) is 5.11. The Labute approximate surface area is 167 Å². The molecular formula is C21H20N2O4S. The van der Waals surface area contributed by atoms with Crippen molar-refractivity contribution >= 4 is 28.8 Å². The molecule has 3 aromatic rings. The first kappa shape index (κ1) is 19.4. The number of nitrogens with one attached hydrogen (secondary N) is 2. The van der Waals surface area contributed by atoms with Gasteiger partial charge in [0.2, 0.25) is 0 Å². The minimum atomic E-state index is -0.716. The standard InChI is InChI=1S/C21H20N2O4S/c1-14-7-12-17(28-14)13-22-20(24)21(25)23-15-8-10-16(11-9-15)27-19-6-4-3-5-18(19)26-2/h3-12H,13H2,1-2H3,(H,22,24)(H,23,25). The minimum Gasteiger partial charge on any atom is -0.493 e. The molecule has 1 aromatic heterocycles. The van der Waals surface area contributed by atoms with Gasteiger partial charge in [0.1, 0.15) is 5.75 Å². The Morgan fingerprint density at radius 2 is 1.64 bits per heavy atom. The third-order valence-corrected chi connectivity index (χ3v) is 4.84. The molecule has 0 unspecified atom stereocenters. The van der Waals surface area contributed by atoms with Crippen LogP contribution in [0.15, 0.2) is 60.7 Å². The summed E-state index contributed by atoms with van der Waals surface area (Å²) >= 11 is 1.58. The molecule has 2 N–H and O–H groups in total. The van der Waals surface area contributed by atoms with E-state index < -0.39 is 11.8 Å². The first-order valence-corrected chi connectivity index (χ1v) is 9.42. The molecule has 0 atom stereocenters. The topological polar surface area (TPSA) is 76.7 Å². The number of ether oxygens (including phenoxy) is 2. The van der Waals surface area contributed by atoms with Crippen LogP contribution in [0.4, 0.5) is 5.69 Å². The highest BCUT2D eigenvalue weighted by molar-refractivity contribution is 7.11. The largest absolute Gasteiger partial charge is 0.493 e. The lowest BCUT2D eigenvalue weighted by atomic mass is 10.3. The second-order valence-electron chi connectivity index (χ2n) is 5.93. The zero-order valence-electron chi connectivity index (χ0n) is 15.5. The van der Waals surface area contributed by atoms with Crippen LogP contribution in [0.3, 0.4) is 0 Å². The van der Waals surface area contributed by atoms with Gasteiger partial charge in [-0.1, -0.05) is 12.1 Å². The Bertz CT molecular complexity index is 967. The fourth-order valence-electron chi connectivity index (χ4n) is 2.45. The van der Waals surface area contributed by atoms with Gasteiger partial charge in [0.25, 0.3) is 0 Å². The maximum absolute atomic E-state index is 12.0. The molecule has 0 saturated carbocycles. The van der Waals surface area contributed by atoms with Crippen molar-refractivity contribution in [2.24, 2.45) is 0 Å². The van der Waals surface area contributed by atoms with Gasteiger partial charge >= 0.3 is 11.8 Å². The normalized spacial score (nSPS) is 10.2. The number of thiophene rings is 1. The van der Waals surface area contributed by atoms with Gasteiger partial charge in [0.15, 0.2) is 11.5 Å². The second-order valence-corrected chi connectivity index (χ2v) is 7.30. The van der Waals surface area contributed by atoms with E-state index in [0.29, 0.717) is 29.5 Å². The lowest BCUT2D eigenvalue weighted by molar-refractivity contribution is -0.136. The number of amides is 2. The highest BCUT2D eigenvalue weighted by Crippen LogP contribution is 2.31. The first-order valence-electron chi connectivity index (χ1n) is 8.60.